The van der Waals surface area contributed by atoms with Gasteiger partial charge in [-0.1, -0.05) is 18.2 Å². The minimum Gasteiger partial charge on any atom is -0.358 e. The van der Waals surface area contributed by atoms with E-state index >= 15 is 0 Å². The number of para-hydroxylation sites is 1. The molecular weight excluding hydrogens is 330 g/mol. The lowest BCUT2D eigenvalue weighted by molar-refractivity contribution is 0.0730. The van der Waals surface area contributed by atoms with E-state index in [4.69, 9.17) is 0 Å². The van der Waals surface area contributed by atoms with Gasteiger partial charge in [-0.2, -0.15) is 0 Å². The molecular formula is C16H14BrN3O. The van der Waals surface area contributed by atoms with Crippen LogP contribution < -0.4 is 0 Å². The Bertz CT molecular complexity index is 833. The van der Waals surface area contributed by atoms with E-state index in [0.29, 0.717) is 12.2 Å². The van der Waals surface area contributed by atoms with Gasteiger partial charge in [0.05, 0.1) is 0 Å². The summed E-state index contributed by atoms with van der Waals surface area (Å²) in [5, 5.41) is 1.22. The van der Waals surface area contributed by atoms with E-state index in [-0.39, 0.29) is 5.91 Å². The lowest BCUT2D eigenvalue weighted by Crippen LogP contribution is -2.35. The number of halogens is 1. The van der Waals surface area contributed by atoms with Gasteiger partial charge in [0.2, 0.25) is 0 Å². The van der Waals surface area contributed by atoms with Crippen molar-refractivity contribution in [1.82, 2.24) is 14.9 Å². The molecule has 5 heteroatoms. The summed E-state index contributed by atoms with van der Waals surface area (Å²) in [6, 6.07) is 10.1. The van der Waals surface area contributed by atoms with Gasteiger partial charge in [0.1, 0.15) is 5.69 Å². The van der Waals surface area contributed by atoms with E-state index in [1.165, 1.54) is 16.6 Å². The van der Waals surface area contributed by atoms with Crippen LogP contribution in [0, 0.1) is 0 Å². The predicted octanol–water partition coefficient (Wildman–Crippen LogP) is 3.46. The van der Waals surface area contributed by atoms with Crippen molar-refractivity contribution in [2.45, 2.75) is 13.0 Å². The van der Waals surface area contributed by atoms with Crippen LogP contribution >= 0.6 is 15.9 Å². The predicted molar refractivity (Wildman–Crippen MR) is 85.2 cm³/mol. The molecule has 2 N–H and O–H groups in total. The van der Waals surface area contributed by atoms with Crippen LogP contribution in [0.1, 0.15) is 21.7 Å². The molecule has 0 unspecified atom stereocenters. The topological polar surface area (TPSA) is 51.9 Å². The fraction of sp³-hybridized carbons (Fsp3) is 0.188. The summed E-state index contributed by atoms with van der Waals surface area (Å²) >= 11 is 3.37. The number of aromatic amines is 2. The smallest absolute Gasteiger partial charge is 0.270 e. The number of rotatable bonds is 1. The zero-order chi connectivity index (χ0) is 14.4. The first-order valence-electron chi connectivity index (χ1n) is 6.94. The van der Waals surface area contributed by atoms with Gasteiger partial charge < -0.3 is 14.9 Å². The summed E-state index contributed by atoms with van der Waals surface area (Å²) in [6.07, 6.45) is 2.66. The van der Waals surface area contributed by atoms with Gasteiger partial charge in [-0.05, 0) is 28.1 Å². The number of nitrogens with one attached hydrogen (secondary N) is 2. The van der Waals surface area contributed by atoms with Gasteiger partial charge in [0.25, 0.3) is 5.91 Å². The van der Waals surface area contributed by atoms with Crippen LogP contribution in [0.2, 0.25) is 0 Å². The van der Waals surface area contributed by atoms with Gasteiger partial charge in [-0.15, -0.1) is 0 Å². The van der Waals surface area contributed by atoms with Crippen molar-refractivity contribution in [2.24, 2.45) is 0 Å². The molecule has 0 aliphatic carbocycles. The molecule has 0 saturated carbocycles. The number of hydrogen-bond acceptors (Lipinski definition) is 1. The molecule has 21 heavy (non-hydrogen) atoms. The molecule has 0 bridgehead atoms. The highest BCUT2D eigenvalue weighted by Crippen LogP contribution is 2.28. The summed E-state index contributed by atoms with van der Waals surface area (Å²) < 4.78 is 0.899. The molecule has 0 fully saturated rings. The fourth-order valence-electron chi connectivity index (χ4n) is 3.00. The van der Waals surface area contributed by atoms with Crippen LogP contribution in [-0.2, 0) is 13.0 Å². The van der Waals surface area contributed by atoms with Crippen molar-refractivity contribution in [3.05, 3.63) is 58.0 Å². The van der Waals surface area contributed by atoms with Gasteiger partial charge in [-0.3, -0.25) is 4.79 Å². The number of carbonyl (C=O) groups excluding carboxylic acids is 1. The third kappa shape index (κ3) is 2.08. The van der Waals surface area contributed by atoms with Crippen LogP contribution in [0.3, 0.4) is 0 Å². The first kappa shape index (κ1) is 12.7. The number of carbonyl (C=O) groups is 1. The van der Waals surface area contributed by atoms with Crippen LogP contribution in [0.15, 0.2) is 41.0 Å². The Kier molecular flexibility index (Phi) is 2.89. The molecule has 0 atom stereocenters. The minimum absolute atomic E-state index is 0.0524. The molecule has 0 spiro atoms. The first-order chi connectivity index (χ1) is 10.2. The lowest BCUT2D eigenvalue weighted by Gasteiger charge is -2.26. The Morgan fingerprint density at radius 1 is 1.29 bits per heavy atom. The van der Waals surface area contributed by atoms with E-state index in [9.17, 15) is 4.79 Å². The lowest BCUT2D eigenvalue weighted by atomic mass is 10.0. The van der Waals surface area contributed by atoms with E-state index in [1.807, 2.05) is 23.1 Å². The maximum Gasteiger partial charge on any atom is 0.270 e. The second-order valence-electron chi connectivity index (χ2n) is 5.34. The van der Waals surface area contributed by atoms with Crippen LogP contribution in [0.5, 0.6) is 0 Å². The summed E-state index contributed by atoms with van der Waals surface area (Å²) in [5.74, 6) is 0.0524. The van der Waals surface area contributed by atoms with Crippen LogP contribution in [0.25, 0.3) is 10.9 Å². The summed E-state index contributed by atoms with van der Waals surface area (Å²) in [7, 11) is 0. The van der Waals surface area contributed by atoms with Crippen molar-refractivity contribution in [3.8, 4) is 0 Å². The minimum atomic E-state index is 0.0524. The molecule has 106 valence electrons. The Labute approximate surface area is 130 Å². The van der Waals surface area contributed by atoms with Gasteiger partial charge in [-0.25, -0.2) is 0 Å². The second kappa shape index (κ2) is 4.77. The van der Waals surface area contributed by atoms with E-state index in [0.717, 1.165) is 23.0 Å². The van der Waals surface area contributed by atoms with E-state index < -0.39 is 0 Å². The number of benzene rings is 1. The molecule has 3 aromatic rings. The van der Waals surface area contributed by atoms with Crippen LogP contribution in [-0.4, -0.2) is 27.3 Å². The number of hydrogen-bond donors (Lipinski definition) is 2. The second-order valence-corrected chi connectivity index (χ2v) is 6.25. The first-order valence-corrected chi connectivity index (χ1v) is 7.73. The Hall–Kier alpha value is -2.01. The Morgan fingerprint density at radius 2 is 2.14 bits per heavy atom. The quantitative estimate of drug-likeness (QED) is 0.698. The van der Waals surface area contributed by atoms with E-state index in [1.54, 1.807) is 6.20 Å². The van der Waals surface area contributed by atoms with Crippen LogP contribution in [0.4, 0.5) is 0 Å². The van der Waals surface area contributed by atoms with E-state index in [2.05, 4.69) is 38.0 Å². The van der Waals surface area contributed by atoms with Gasteiger partial charge in [0.15, 0.2) is 0 Å². The SMILES string of the molecule is O=C(c1cc(Br)c[nH]1)N1CCc2[nH]c3ccccc3c2C1. The molecule has 0 saturated heterocycles. The molecule has 2 aromatic heterocycles. The number of nitrogens with zero attached hydrogens (tertiary/aromatic N) is 1. The third-order valence-electron chi connectivity index (χ3n) is 4.05. The van der Waals surface area contributed by atoms with Gasteiger partial charge >= 0.3 is 0 Å². The third-order valence-corrected chi connectivity index (χ3v) is 4.51. The fourth-order valence-corrected chi connectivity index (χ4v) is 3.34. The number of aromatic nitrogens is 2. The van der Waals surface area contributed by atoms with Crippen molar-refractivity contribution in [1.29, 1.82) is 0 Å². The molecule has 1 aromatic carbocycles. The molecule has 1 aliphatic heterocycles. The van der Waals surface area contributed by atoms with Crippen molar-refractivity contribution in [2.75, 3.05) is 6.54 Å². The highest BCUT2D eigenvalue weighted by Gasteiger charge is 2.25. The average Bonchev–Trinajstić information content (AvgIpc) is 3.09. The van der Waals surface area contributed by atoms with Crippen molar-refractivity contribution < 1.29 is 4.79 Å². The monoisotopic (exact) mass is 343 g/mol. The summed E-state index contributed by atoms with van der Waals surface area (Å²) in [6.45, 7) is 1.41. The average molecular weight is 344 g/mol. The molecule has 1 amide bonds. The number of fused-ring (bicyclic) bond motifs is 3. The molecule has 4 rings (SSSR count). The summed E-state index contributed by atoms with van der Waals surface area (Å²) in [4.78, 5) is 20.9. The van der Waals surface area contributed by atoms with Crippen molar-refractivity contribution in [3.63, 3.8) is 0 Å². The number of amides is 1. The standard InChI is InChI=1S/C16H14BrN3O/c17-10-7-15(18-8-10)16(21)20-6-5-14-12(9-20)11-3-1-2-4-13(11)19-14/h1-4,7-8,18-19H,5-6,9H2. The summed E-state index contributed by atoms with van der Waals surface area (Å²) in [5.41, 5.74) is 4.29. The maximum absolute atomic E-state index is 12.5. The highest BCUT2D eigenvalue weighted by atomic mass is 79.9. The largest absolute Gasteiger partial charge is 0.358 e. The zero-order valence-electron chi connectivity index (χ0n) is 11.3. The van der Waals surface area contributed by atoms with Gasteiger partial charge in [0, 0.05) is 52.3 Å². The normalized spacial score (nSPS) is 14.4. The molecule has 4 nitrogen and oxygen atoms in total. The van der Waals surface area contributed by atoms with Crippen molar-refractivity contribution >= 4 is 32.7 Å². The maximum atomic E-state index is 12.5. The Morgan fingerprint density at radius 3 is 2.95 bits per heavy atom. The molecule has 0 radical (unpaired) electrons. The molecule has 3 heterocycles. The highest BCUT2D eigenvalue weighted by molar-refractivity contribution is 9.10. The Balaban J connectivity index is 1.68. The number of H-pyrrole nitrogens is 2. The molecule has 1 aliphatic rings. The zero-order valence-corrected chi connectivity index (χ0v) is 12.9.